The maximum absolute atomic E-state index is 12.6. The summed E-state index contributed by atoms with van der Waals surface area (Å²) in [6.45, 7) is 5.01. The number of aliphatic hydroxyl groups is 2. The van der Waals surface area contributed by atoms with E-state index in [1.807, 2.05) is 0 Å². The van der Waals surface area contributed by atoms with E-state index in [-0.39, 0.29) is 18.5 Å². The van der Waals surface area contributed by atoms with Gasteiger partial charge in [-0.3, -0.25) is 9.59 Å². The second kappa shape index (κ2) is 83.5. The van der Waals surface area contributed by atoms with Gasteiger partial charge < -0.3 is 20.3 Å². The van der Waals surface area contributed by atoms with Crippen LogP contribution in [0.2, 0.25) is 0 Å². The van der Waals surface area contributed by atoms with Crippen molar-refractivity contribution in [2.45, 2.75) is 501 Å². The Bertz CT molecular complexity index is 1520. The maximum Gasteiger partial charge on any atom is 0.305 e. The summed E-state index contributed by atoms with van der Waals surface area (Å²) in [7, 11) is 0. The van der Waals surface area contributed by atoms with Crippen LogP contribution in [0.5, 0.6) is 0 Å². The van der Waals surface area contributed by atoms with Crippen LogP contribution in [0.25, 0.3) is 0 Å². The highest BCUT2D eigenvalue weighted by atomic mass is 16.5. The van der Waals surface area contributed by atoms with E-state index in [4.69, 9.17) is 4.74 Å². The highest BCUT2D eigenvalue weighted by molar-refractivity contribution is 5.76. The topological polar surface area (TPSA) is 95.9 Å². The SMILES string of the molecule is CCCCCCCC/C=C\CCCCCCCCCCCC(=O)OCCCCCCCCCCCCC/C=C\C/C=C\CCCCCCCCCCCCCCCCCCCC(=O)NC(CO)C(O)CCCCCCCCCCCCCCCCCCCCCCCCC. The molecule has 6 heteroatoms. The molecule has 0 bridgehead atoms. The monoisotopic (exact) mass is 1320 g/mol. The predicted octanol–water partition coefficient (Wildman–Crippen LogP) is 28.9. The number of amides is 1. The molecular weight excluding hydrogens is 1150 g/mol. The van der Waals surface area contributed by atoms with E-state index in [9.17, 15) is 19.8 Å². The van der Waals surface area contributed by atoms with E-state index < -0.39 is 12.1 Å². The Morgan fingerprint density at radius 2 is 0.532 bits per heavy atom. The minimum Gasteiger partial charge on any atom is -0.466 e. The number of carbonyl (C=O) groups is 2. The molecule has 0 fully saturated rings. The van der Waals surface area contributed by atoms with Gasteiger partial charge in [0, 0.05) is 12.8 Å². The first-order valence-electron chi connectivity index (χ1n) is 43.2. The molecule has 1 amide bonds. The van der Waals surface area contributed by atoms with Crippen LogP contribution >= 0.6 is 0 Å². The Morgan fingerprint density at radius 1 is 0.298 bits per heavy atom. The molecule has 0 aliphatic heterocycles. The van der Waals surface area contributed by atoms with Crippen molar-refractivity contribution in [3.05, 3.63) is 36.5 Å². The minimum atomic E-state index is -0.664. The fourth-order valence-corrected chi connectivity index (χ4v) is 13.8. The molecule has 0 aromatic heterocycles. The third kappa shape index (κ3) is 79.1. The van der Waals surface area contributed by atoms with Crippen molar-refractivity contribution in [1.29, 1.82) is 0 Å². The molecule has 0 saturated carbocycles. The predicted molar refractivity (Wildman–Crippen MR) is 416 cm³/mol. The molecule has 2 atom stereocenters. The quantitative estimate of drug-likeness (QED) is 0.0320. The molecule has 0 aromatic carbocycles. The smallest absolute Gasteiger partial charge is 0.305 e. The van der Waals surface area contributed by atoms with Crippen molar-refractivity contribution in [3.63, 3.8) is 0 Å². The molecule has 2 unspecified atom stereocenters. The molecule has 94 heavy (non-hydrogen) atoms. The zero-order valence-corrected chi connectivity index (χ0v) is 64.0. The maximum atomic E-state index is 12.6. The fraction of sp³-hybridized carbons (Fsp3) is 0.909. The van der Waals surface area contributed by atoms with Gasteiger partial charge in [-0.2, -0.15) is 0 Å². The lowest BCUT2D eigenvalue weighted by Crippen LogP contribution is -2.45. The molecule has 0 aromatic rings. The van der Waals surface area contributed by atoms with Crippen LogP contribution in [0.4, 0.5) is 0 Å². The van der Waals surface area contributed by atoms with E-state index in [0.717, 1.165) is 44.9 Å². The molecule has 6 nitrogen and oxygen atoms in total. The fourth-order valence-electron chi connectivity index (χ4n) is 13.8. The number of hydrogen-bond donors (Lipinski definition) is 3. The zero-order valence-electron chi connectivity index (χ0n) is 64.0. The van der Waals surface area contributed by atoms with Crippen molar-refractivity contribution >= 4 is 11.9 Å². The first-order chi connectivity index (χ1) is 46.5. The van der Waals surface area contributed by atoms with E-state index in [1.165, 1.54) is 411 Å². The van der Waals surface area contributed by atoms with Crippen molar-refractivity contribution in [2.75, 3.05) is 13.2 Å². The van der Waals surface area contributed by atoms with Crippen molar-refractivity contribution < 1.29 is 24.5 Å². The summed E-state index contributed by atoms with van der Waals surface area (Å²) in [5.41, 5.74) is 0. The summed E-state index contributed by atoms with van der Waals surface area (Å²) in [5.74, 6) is -0.00945. The lowest BCUT2D eigenvalue weighted by atomic mass is 10.0. The second-order valence-corrected chi connectivity index (χ2v) is 29.9. The molecule has 0 aliphatic carbocycles. The zero-order chi connectivity index (χ0) is 67.7. The molecule has 0 rings (SSSR count). The van der Waals surface area contributed by atoms with Crippen LogP contribution in [-0.4, -0.2) is 47.4 Å². The number of hydrogen-bond acceptors (Lipinski definition) is 5. The molecule has 556 valence electrons. The van der Waals surface area contributed by atoms with Crippen molar-refractivity contribution in [1.82, 2.24) is 5.32 Å². The number of unbranched alkanes of at least 4 members (excludes halogenated alkanes) is 65. The van der Waals surface area contributed by atoms with Crippen LogP contribution in [0, 0.1) is 0 Å². The summed E-state index contributed by atoms with van der Waals surface area (Å²) >= 11 is 0. The van der Waals surface area contributed by atoms with Gasteiger partial charge in [0.15, 0.2) is 0 Å². The summed E-state index contributed by atoms with van der Waals surface area (Å²) in [6, 6.07) is -0.541. The Kier molecular flexibility index (Phi) is 81.8. The highest BCUT2D eigenvalue weighted by Crippen LogP contribution is 2.21. The second-order valence-electron chi connectivity index (χ2n) is 29.9. The van der Waals surface area contributed by atoms with Gasteiger partial charge in [-0.15, -0.1) is 0 Å². The van der Waals surface area contributed by atoms with Crippen LogP contribution < -0.4 is 5.32 Å². The highest BCUT2D eigenvalue weighted by Gasteiger charge is 2.20. The number of nitrogens with one attached hydrogen (secondary N) is 1. The third-order valence-electron chi connectivity index (χ3n) is 20.4. The van der Waals surface area contributed by atoms with Gasteiger partial charge in [-0.1, -0.05) is 429 Å². The Balaban J connectivity index is 3.36. The molecule has 0 aliphatic rings. The molecule has 0 spiro atoms. The largest absolute Gasteiger partial charge is 0.466 e. The van der Waals surface area contributed by atoms with E-state index >= 15 is 0 Å². The molecule has 3 N–H and O–H groups in total. The molecular formula is C88H169NO5. The summed E-state index contributed by atoms with van der Waals surface area (Å²) < 4.78 is 5.52. The van der Waals surface area contributed by atoms with Crippen LogP contribution in [0.1, 0.15) is 489 Å². The number of esters is 1. The lowest BCUT2D eigenvalue weighted by molar-refractivity contribution is -0.143. The van der Waals surface area contributed by atoms with Crippen LogP contribution in [-0.2, 0) is 14.3 Å². The number of aliphatic hydroxyl groups excluding tert-OH is 2. The Labute approximate surface area is 589 Å². The van der Waals surface area contributed by atoms with E-state index in [1.54, 1.807) is 0 Å². The van der Waals surface area contributed by atoms with Gasteiger partial charge >= 0.3 is 5.97 Å². The van der Waals surface area contributed by atoms with Gasteiger partial charge in [0.05, 0.1) is 25.4 Å². The molecule has 0 saturated heterocycles. The third-order valence-corrected chi connectivity index (χ3v) is 20.4. The minimum absolute atomic E-state index is 0.0174. The van der Waals surface area contributed by atoms with Gasteiger partial charge in [0.1, 0.15) is 0 Å². The Morgan fingerprint density at radius 3 is 0.819 bits per heavy atom. The van der Waals surface area contributed by atoms with Gasteiger partial charge in [-0.25, -0.2) is 0 Å². The average Bonchev–Trinajstić information content (AvgIpc) is 3.61. The number of rotatable bonds is 82. The first kappa shape index (κ1) is 92.1. The normalized spacial score (nSPS) is 12.6. The van der Waals surface area contributed by atoms with E-state index in [2.05, 4.69) is 55.6 Å². The summed E-state index contributed by atoms with van der Waals surface area (Å²) in [5, 5.41) is 23.5. The number of allylic oxidation sites excluding steroid dienone is 6. The van der Waals surface area contributed by atoms with Gasteiger partial charge in [0.25, 0.3) is 0 Å². The molecule has 0 heterocycles. The van der Waals surface area contributed by atoms with Crippen LogP contribution in [0.3, 0.4) is 0 Å². The first-order valence-corrected chi connectivity index (χ1v) is 43.2. The average molecular weight is 1320 g/mol. The van der Waals surface area contributed by atoms with Crippen molar-refractivity contribution in [3.8, 4) is 0 Å². The Hall–Kier alpha value is -1.92. The number of carbonyl (C=O) groups excluding carboxylic acids is 2. The van der Waals surface area contributed by atoms with E-state index in [0.29, 0.717) is 25.9 Å². The lowest BCUT2D eigenvalue weighted by Gasteiger charge is -2.22. The van der Waals surface area contributed by atoms with Gasteiger partial charge in [-0.05, 0) is 83.5 Å². The van der Waals surface area contributed by atoms with Crippen molar-refractivity contribution in [2.24, 2.45) is 0 Å². The van der Waals surface area contributed by atoms with Gasteiger partial charge in [0.2, 0.25) is 5.91 Å². The molecule has 0 radical (unpaired) electrons. The number of ether oxygens (including phenoxy) is 1. The van der Waals surface area contributed by atoms with Crippen LogP contribution in [0.15, 0.2) is 36.5 Å². The summed E-state index contributed by atoms with van der Waals surface area (Å²) in [4.78, 5) is 24.7. The standard InChI is InChI=1S/C88H169NO5/c1-3-5-7-9-11-13-15-17-19-21-23-24-38-41-45-48-52-56-60-64-68-72-76-80-86(91)85(84-90)89-87(92)81-77-73-69-65-61-57-53-49-46-42-39-36-34-32-30-28-26-25-27-29-31-33-35-37-40-43-47-51-55-59-63-67-71-75-79-83-94-88(93)82-78-74-70-66-62-58-54-50-44-22-20-18-16-14-12-10-8-6-4-2/h18,20,27,29,33,35,85-86,90-91H,3-17,19,21-26,28,30-32,34,36-84H2,1-2H3,(H,89,92)/b20-18-,29-27-,35-33-. The summed E-state index contributed by atoms with van der Waals surface area (Å²) in [6.07, 6.45) is 110.